The summed E-state index contributed by atoms with van der Waals surface area (Å²) in [7, 11) is 0. The van der Waals surface area contributed by atoms with Gasteiger partial charge in [-0.3, -0.25) is 0 Å². The summed E-state index contributed by atoms with van der Waals surface area (Å²) in [6.45, 7) is 4.78. The van der Waals surface area contributed by atoms with Gasteiger partial charge in [-0.15, -0.1) is 12.4 Å². The summed E-state index contributed by atoms with van der Waals surface area (Å²) in [5.74, 6) is 0.875. The molecule has 0 aliphatic carbocycles. The first-order valence-corrected chi connectivity index (χ1v) is 6.06. The van der Waals surface area contributed by atoms with Gasteiger partial charge < -0.3 is 10.4 Å². The maximum atomic E-state index is 9.26. The van der Waals surface area contributed by atoms with Crippen molar-refractivity contribution < 1.29 is 5.11 Å². The molecule has 19 heavy (non-hydrogen) atoms. The van der Waals surface area contributed by atoms with Crippen molar-refractivity contribution in [1.29, 1.82) is 0 Å². The summed E-state index contributed by atoms with van der Waals surface area (Å²) in [6, 6.07) is 11.9. The molecule has 4 heteroatoms. The van der Waals surface area contributed by atoms with Gasteiger partial charge in [0.25, 0.3) is 0 Å². The fourth-order valence-electron chi connectivity index (χ4n) is 2.00. The molecule has 1 heterocycles. The molecular weight excluding hydrogens is 260 g/mol. The van der Waals surface area contributed by atoms with Gasteiger partial charge in [0.2, 0.25) is 0 Å². The SMILES string of the molecule is Cc1cc(C)nc(NCc2ccccc2CO)c1.Cl. The molecular formula is C15H19ClN2O. The number of halogens is 1. The third-order valence-corrected chi connectivity index (χ3v) is 2.85. The summed E-state index contributed by atoms with van der Waals surface area (Å²) in [4.78, 5) is 4.43. The Balaban J connectivity index is 0.00000180. The predicted molar refractivity (Wildman–Crippen MR) is 80.7 cm³/mol. The number of hydrogen-bond donors (Lipinski definition) is 2. The van der Waals surface area contributed by atoms with Crippen LogP contribution in [0.2, 0.25) is 0 Å². The number of aromatic nitrogens is 1. The van der Waals surface area contributed by atoms with Gasteiger partial charge in [-0.05, 0) is 42.7 Å². The Hall–Kier alpha value is -1.58. The highest BCUT2D eigenvalue weighted by molar-refractivity contribution is 5.85. The lowest BCUT2D eigenvalue weighted by atomic mass is 10.1. The van der Waals surface area contributed by atoms with Crippen molar-refractivity contribution in [3.05, 3.63) is 58.8 Å². The predicted octanol–water partition coefficient (Wildman–Crippen LogP) is 3.22. The fraction of sp³-hybridized carbons (Fsp3) is 0.267. The minimum atomic E-state index is 0. The molecule has 0 amide bonds. The number of pyridine rings is 1. The summed E-state index contributed by atoms with van der Waals surface area (Å²) in [5, 5.41) is 12.6. The average Bonchev–Trinajstić information content (AvgIpc) is 2.35. The van der Waals surface area contributed by atoms with Crippen LogP contribution in [-0.4, -0.2) is 10.1 Å². The van der Waals surface area contributed by atoms with E-state index in [4.69, 9.17) is 0 Å². The maximum Gasteiger partial charge on any atom is 0.126 e. The molecule has 0 saturated carbocycles. The zero-order valence-corrected chi connectivity index (χ0v) is 12.0. The van der Waals surface area contributed by atoms with E-state index in [1.54, 1.807) is 0 Å². The third-order valence-electron chi connectivity index (χ3n) is 2.85. The van der Waals surface area contributed by atoms with Crippen LogP contribution in [0.25, 0.3) is 0 Å². The number of hydrogen-bond acceptors (Lipinski definition) is 3. The Morgan fingerprint density at radius 1 is 1.11 bits per heavy atom. The molecule has 0 radical (unpaired) electrons. The van der Waals surface area contributed by atoms with Crippen molar-refractivity contribution in [2.24, 2.45) is 0 Å². The van der Waals surface area contributed by atoms with E-state index in [0.717, 1.165) is 22.6 Å². The lowest BCUT2D eigenvalue weighted by molar-refractivity contribution is 0.280. The summed E-state index contributed by atoms with van der Waals surface area (Å²) in [5.41, 5.74) is 4.25. The highest BCUT2D eigenvalue weighted by atomic mass is 35.5. The molecule has 0 spiro atoms. The molecule has 1 aromatic carbocycles. The molecule has 0 fully saturated rings. The van der Waals surface area contributed by atoms with E-state index in [-0.39, 0.29) is 19.0 Å². The Morgan fingerprint density at radius 3 is 2.42 bits per heavy atom. The van der Waals surface area contributed by atoms with Gasteiger partial charge >= 0.3 is 0 Å². The first kappa shape index (κ1) is 15.5. The molecule has 0 unspecified atom stereocenters. The van der Waals surface area contributed by atoms with E-state index in [0.29, 0.717) is 6.54 Å². The number of rotatable bonds is 4. The van der Waals surface area contributed by atoms with Crippen LogP contribution >= 0.6 is 12.4 Å². The monoisotopic (exact) mass is 278 g/mol. The molecule has 0 bridgehead atoms. The summed E-state index contributed by atoms with van der Waals surface area (Å²) >= 11 is 0. The molecule has 2 N–H and O–H groups in total. The highest BCUT2D eigenvalue weighted by Crippen LogP contribution is 2.13. The van der Waals surface area contributed by atoms with Crippen molar-refractivity contribution in [3.8, 4) is 0 Å². The van der Waals surface area contributed by atoms with Gasteiger partial charge in [0, 0.05) is 12.2 Å². The van der Waals surface area contributed by atoms with Crippen LogP contribution in [0.5, 0.6) is 0 Å². The average molecular weight is 279 g/mol. The van der Waals surface area contributed by atoms with E-state index in [1.807, 2.05) is 43.3 Å². The molecule has 102 valence electrons. The Morgan fingerprint density at radius 2 is 1.79 bits per heavy atom. The van der Waals surface area contributed by atoms with Crippen molar-refractivity contribution in [2.45, 2.75) is 27.0 Å². The van der Waals surface area contributed by atoms with Crippen molar-refractivity contribution >= 4 is 18.2 Å². The zero-order chi connectivity index (χ0) is 13.0. The largest absolute Gasteiger partial charge is 0.392 e. The molecule has 2 aromatic rings. The number of nitrogens with zero attached hydrogens (tertiary/aromatic N) is 1. The normalized spacial score (nSPS) is 9.84. The van der Waals surface area contributed by atoms with Crippen LogP contribution < -0.4 is 5.32 Å². The minimum Gasteiger partial charge on any atom is -0.392 e. The molecule has 2 rings (SSSR count). The van der Waals surface area contributed by atoms with Crippen LogP contribution in [0.4, 0.5) is 5.82 Å². The number of aryl methyl sites for hydroxylation is 2. The van der Waals surface area contributed by atoms with Crippen molar-refractivity contribution in [2.75, 3.05) is 5.32 Å². The molecule has 3 nitrogen and oxygen atoms in total. The van der Waals surface area contributed by atoms with Crippen molar-refractivity contribution in [3.63, 3.8) is 0 Å². The summed E-state index contributed by atoms with van der Waals surface area (Å²) < 4.78 is 0. The van der Waals surface area contributed by atoms with E-state index in [2.05, 4.69) is 17.2 Å². The zero-order valence-electron chi connectivity index (χ0n) is 11.2. The molecule has 0 atom stereocenters. The van der Waals surface area contributed by atoms with Gasteiger partial charge in [-0.1, -0.05) is 24.3 Å². The van der Waals surface area contributed by atoms with E-state index in [9.17, 15) is 5.11 Å². The summed E-state index contributed by atoms with van der Waals surface area (Å²) in [6.07, 6.45) is 0. The minimum absolute atomic E-state index is 0. The second-order valence-corrected chi connectivity index (χ2v) is 4.45. The van der Waals surface area contributed by atoms with E-state index >= 15 is 0 Å². The van der Waals surface area contributed by atoms with Gasteiger partial charge in [0.15, 0.2) is 0 Å². The van der Waals surface area contributed by atoms with Crippen molar-refractivity contribution in [1.82, 2.24) is 4.98 Å². The third kappa shape index (κ3) is 4.23. The first-order valence-electron chi connectivity index (χ1n) is 6.06. The number of benzene rings is 1. The molecule has 1 aromatic heterocycles. The molecule has 0 saturated heterocycles. The first-order chi connectivity index (χ1) is 8.69. The van der Waals surface area contributed by atoms with Gasteiger partial charge in [0.05, 0.1) is 6.61 Å². The lowest BCUT2D eigenvalue weighted by Crippen LogP contribution is -2.05. The van der Waals surface area contributed by atoms with Crippen LogP contribution in [0.15, 0.2) is 36.4 Å². The second kappa shape index (κ2) is 7.12. The van der Waals surface area contributed by atoms with Crippen LogP contribution in [0, 0.1) is 13.8 Å². The fourth-order valence-corrected chi connectivity index (χ4v) is 2.00. The van der Waals surface area contributed by atoms with E-state index < -0.39 is 0 Å². The second-order valence-electron chi connectivity index (χ2n) is 4.45. The maximum absolute atomic E-state index is 9.26. The Kier molecular flexibility index (Phi) is 5.80. The molecule has 0 aliphatic rings. The van der Waals surface area contributed by atoms with Gasteiger partial charge in [-0.2, -0.15) is 0 Å². The standard InChI is InChI=1S/C15H18N2O.ClH/c1-11-7-12(2)17-15(8-11)16-9-13-5-3-4-6-14(13)10-18;/h3-8,18H,9-10H2,1-2H3,(H,16,17);1H. The Bertz CT molecular complexity index is 523. The topological polar surface area (TPSA) is 45.2 Å². The number of anilines is 1. The lowest BCUT2D eigenvalue weighted by Gasteiger charge is -2.10. The van der Waals surface area contributed by atoms with Gasteiger partial charge in [-0.25, -0.2) is 4.98 Å². The van der Waals surface area contributed by atoms with Crippen LogP contribution in [0.1, 0.15) is 22.4 Å². The molecule has 0 aliphatic heterocycles. The quantitative estimate of drug-likeness (QED) is 0.903. The highest BCUT2D eigenvalue weighted by Gasteiger charge is 2.01. The number of aliphatic hydroxyl groups is 1. The van der Waals surface area contributed by atoms with E-state index in [1.165, 1.54) is 5.56 Å². The number of aliphatic hydroxyl groups excluding tert-OH is 1. The smallest absolute Gasteiger partial charge is 0.126 e. The van der Waals surface area contributed by atoms with Gasteiger partial charge in [0.1, 0.15) is 5.82 Å². The Labute approximate surface area is 120 Å². The number of nitrogens with one attached hydrogen (secondary N) is 1. The van der Waals surface area contributed by atoms with Crippen LogP contribution in [-0.2, 0) is 13.2 Å². The van der Waals surface area contributed by atoms with Crippen LogP contribution in [0.3, 0.4) is 0 Å².